The first-order valence-corrected chi connectivity index (χ1v) is 10.1. The van der Waals surface area contributed by atoms with Crippen LogP contribution in [0.4, 0.5) is 18.0 Å². The third-order valence-electron chi connectivity index (χ3n) is 5.25. The molecule has 2 rings (SSSR count). The molecule has 0 aliphatic carbocycles. The van der Waals surface area contributed by atoms with Gasteiger partial charge in [-0.2, -0.15) is 0 Å². The highest BCUT2D eigenvalue weighted by atomic mass is 19.3. The van der Waals surface area contributed by atoms with Gasteiger partial charge in [0.25, 0.3) is 6.43 Å². The molecule has 0 aromatic heterocycles. The number of piperazine rings is 1. The molecule has 1 fully saturated rings. The number of carbonyl (C=O) groups excluding carboxylic acids is 1. The number of hydrogen-bond donors (Lipinski definition) is 0. The Morgan fingerprint density at radius 1 is 1.14 bits per heavy atom. The zero-order chi connectivity index (χ0) is 22.1. The van der Waals surface area contributed by atoms with Gasteiger partial charge >= 0.3 is 6.09 Å². The first kappa shape index (κ1) is 23.5. The number of carbonyl (C=O) groups is 1. The number of rotatable bonds is 4. The van der Waals surface area contributed by atoms with Gasteiger partial charge in [0.05, 0.1) is 5.56 Å². The van der Waals surface area contributed by atoms with Crippen LogP contribution in [-0.4, -0.2) is 46.7 Å². The van der Waals surface area contributed by atoms with Crippen LogP contribution in [0.2, 0.25) is 0 Å². The highest BCUT2D eigenvalue weighted by Crippen LogP contribution is 2.35. The summed E-state index contributed by atoms with van der Waals surface area (Å²) in [5, 5.41) is 0. The minimum Gasteiger partial charge on any atom is -0.444 e. The molecule has 0 spiro atoms. The van der Waals surface area contributed by atoms with Crippen LogP contribution in [0.25, 0.3) is 0 Å². The molecule has 4 nitrogen and oxygen atoms in total. The normalized spacial score (nSPS) is 22.3. The molecule has 0 N–H and O–H groups in total. The fourth-order valence-electron chi connectivity index (χ4n) is 3.98. The van der Waals surface area contributed by atoms with Crippen molar-refractivity contribution in [2.75, 3.05) is 13.1 Å². The van der Waals surface area contributed by atoms with Gasteiger partial charge in [0.2, 0.25) is 0 Å². The SMILES string of the molecule is CC(C)C(c1ccc(C(F)F)c(F)c1)N1C[C@H](C)N(C(=O)OC(C)(C)C)C[C@H]1C. The van der Waals surface area contributed by atoms with E-state index in [4.69, 9.17) is 4.74 Å². The summed E-state index contributed by atoms with van der Waals surface area (Å²) in [6, 6.07) is 3.76. The minimum absolute atomic E-state index is 0.00366. The molecule has 0 bridgehead atoms. The lowest BCUT2D eigenvalue weighted by atomic mass is 9.90. The first-order valence-electron chi connectivity index (χ1n) is 10.1. The Bertz CT molecular complexity index is 718. The van der Waals surface area contributed by atoms with E-state index >= 15 is 0 Å². The average Bonchev–Trinajstić information content (AvgIpc) is 2.55. The van der Waals surface area contributed by atoms with Gasteiger partial charge in [0.1, 0.15) is 11.4 Å². The Kier molecular flexibility index (Phi) is 7.25. The van der Waals surface area contributed by atoms with Gasteiger partial charge in [-0.15, -0.1) is 0 Å². The van der Waals surface area contributed by atoms with Crippen LogP contribution in [0.5, 0.6) is 0 Å². The zero-order valence-corrected chi connectivity index (χ0v) is 18.4. The lowest BCUT2D eigenvalue weighted by molar-refractivity contribution is -0.0258. The predicted octanol–water partition coefficient (Wildman–Crippen LogP) is 5.79. The molecular formula is C22H33F3N2O2. The predicted molar refractivity (Wildman–Crippen MR) is 108 cm³/mol. The Labute approximate surface area is 172 Å². The maximum atomic E-state index is 14.2. The van der Waals surface area contributed by atoms with Gasteiger partial charge < -0.3 is 9.64 Å². The van der Waals surface area contributed by atoms with E-state index in [2.05, 4.69) is 4.90 Å². The molecule has 1 saturated heterocycles. The quantitative estimate of drug-likeness (QED) is 0.625. The van der Waals surface area contributed by atoms with Crippen molar-refractivity contribution in [3.63, 3.8) is 0 Å². The highest BCUT2D eigenvalue weighted by molar-refractivity contribution is 5.68. The van der Waals surface area contributed by atoms with Crippen molar-refractivity contribution in [1.82, 2.24) is 9.80 Å². The molecule has 164 valence electrons. The van der Waals surface area contributed by atoms with Crippen molar-refractivity contribution in [3.05, 3.63) is 35.1 Å². The number of amides is 1. The summed E-state index contributed by atoms with van der Waals surface area (Å²) < 4.78 is 45.6. The number of ether oxygens (including phenoxy) is 1. The summed E-state index contributed by atoms with van der Waals surface area (Å²) in [4.78, 5) is 16.5. The average molecular weight is 415 g/mol. The van der Waals surface area contributed by atoms with Crippen molar-refractivity contribution in [2.24, 2.45) is 5.92 Å². The van der Waals surface area contributed by atoms with Crippen molar-refractivity contribution in [1.29, 1.82) is 0 Å². The minimum atomic E-state index is -2.84. The van der Waals surface area contributed by atoms with Crippen LogP contribution >= 0.6 is 0 Å². The van der Waals surface area contributed by atoms with Crippen LogP contribution in [-0.2, 0) is 4.74 Å². The van der Waals surface area contributed by atoms with Gasteiger partial charge in [0, 0.05) is 31.2 Å². The second kappa shape index (κ2) is 8.94. The second-order valence-corrected chi connectivity index (χ2v) is 9.30. The summed E-state index contributed by atoms with van der Waals surface area (Å²) in [7, 11) is 0. The van der Waals surface area contributed by atoms with E-state index in [9.17, 15) is 18.0 Å². The monoisotopic (exact) mass is 414 g/mol. The Morgan fingerprint density at radius 2 is 1.76 bits per heavy atom. The van der Waals surface area contributed by atoms with E-state index in [0.29, 0.717) is 18.7 Å². The number of alkyl halides is 2. The number of halogens is 3. The van der Waals surface area contributed by atoms with Gasteiger partial charge in [-0.25, -0.2) is 18.0 Å². The number of nitrogens with zero attached hydrogens (tertiary/aromatic N) is 2. The summed E-state index contributed by atoms with van der Waals surface area (Å²) in [5.74, 6) is -0.745. The van der Waals surface area contributed by atoms with Crippen molar-refractivity contribution in [3.8, 4) is 0 Å². The lowest BCUT2D eigenvalue weighted by Crippen LogP contribution is -2.59. The molecule has 3 atom stereocenters. The molecule has 1 aliphatic rings. The summed E-state index contributed by atoms with van der Waals surface area (Å²) in [5.41, 5.74) is -0.471. The maximum Gasteiger partial charge on any atom is 0.410 e. The second-order valence-electron chi connectivity index (χ2n) is 9.30. The smallest absolute Gasteiger partial charge is 0.410 e. The lowest BCUT2D eigenvalue weighted by Gasteiger charge is -2.48. The zero-order valence-electron chi connectivity index (χ0n) is 18.4. The summed E-state index contributed by atoms with van der Waals surface area (Å²) >= 11 is 0. The van der Waals surface area contributed by atoms with E-state index in [-0.39, 0.29) is 30.1 Å². The van der Waals surface area contributed by atoms with Crippen LogP contribution in [0.15, 0.2) is 18.2 Å². The molecule has 1 unspecified atom stereocenters. The number of hydrogen-bond acceptors (Lipinski definition) is 3. The van der Waals surface area contributed by atoms with Gasteiger partial charge in [-0.3, -0.25) is 4.90 Å². The Balaban J connectivity index is 2.25. The Morgan fingerprint density at radius 3 is 2.24 bits per heavy atom. The summed E-state index contributed by atoms with van der Waals surface area (Å²) in [6.45, 7) is 14.6. The van der Waals surface area contributed by atoms with Crippen LogP contribution in [0.3, 0.4) is 0 Å². The fraction of sp³-hybridized carbons (Fsp3) is 0.682. The van der Waals surface area contributed by atoms with E-state index in [0.717, 1.165) is 0 Å². The van der Waals surface area contributed by atoms with E-state index in [1.807, 2.05) is 48.5 Å². The highest BCUT2D eigenvalue weighted by Gasteiger charge is 2.38. The maximum absolute atomic E-state index is 14.2. The van der Waals surface area contributed by atoms with Crippen LogP contribution < -0.4 is 0 Å². The molecule has 1 heterocycles. The molecule has 1 aromatic rings. The standard InChI is InChI=1S/C22H33F3N2O2/c1-13(2)19(16-8-9-17(20(24)25)18(23)10-16)26-11-15(4)27(12-14(26)3)21(28)29-22(5,6)7/h8-10,13-15,19-20H,11-12H2,1-7H3/t14-,15+,19?/m1/s1. The molecule has 1 aliphatic heterocycles. The molecule has 1 aromatic carbocycles. The number of benzene rings is 1. The largest absolute Gasteiger partial charge is 0.444 e. The van der Waals surface area contributed by atoms with Crippen LogP contribution in [0.1, 0.15) is 72.1 Å². The third kappa shape index (κ3) is 5.65. The van der Waals surface area contributed by atoms with Crippen LogP contribution in [0, 0.1) is 11.7 Å². The third-order valence-corrected chi connectivity index (χ3v) is 5.25. The molecule has 0 radical (unpaired) electrons. The van der Waals surface area contributed by atoms with Gasteiger partial charge in [0.15, 0.2) is 0 Å². The van der Waals surface area contributed by atoms with Crippen molar-refractivity contribution < 1.29 is 22.7 Å². The molecule has 0 saturated carbocycles. The molecule has 7 heteroatoms. The van der Waals surface area contributed by atoms with E-state index in [1.54, 1.807) is 11.0 Å². The fourth-order valence-corrected chi connectivity index (χ4v) is 3.98. The van der Waals surface area contributed by atoms with Gasteiger partial charge in [-0.05, 0) is 52.2 Å². The van der Waals surface area contributed by atoms with E-state index < -0.39 is 23.4 Å². The first-order chi connectivity index (χ1) is 13.3. The van der Waals surface area contributed by atoms with Crippen molar-refractivity contribution in [2.45, 2.75) is 78.6 Å². The molecule has 29 heavy (non-hydrogen) atoms. The Hall–Kier alpha value is -1.76. The van der Waals surface area contributed by atoms with Gasteiger partial charge in [-0.1, -0.05) is 26.0 Å². The molecule has 1 amide bonds. The van der Waals surface area contributed by atoms with Crippen molar-refractivity contribution >= 4 is 6.09 Å². The van der Waals surface area contributed by atoms with E-state index in [1.165, 1.54) is 12.1 Å². The summed E-state index contributed by atoms with van der Waals surface area (Å²) in [6.07, 6.45) is -3.18. The molecular weight excluding hydrogens is 381 g/mol. The topological polar surface area (TPSA) is 32.8 Å².